The Labute approximate surface area is 143 Å². The maximum atomic E-state index is 11.8. The molecule has 0 bridgehead atoms. The zero-order valence-corrected chi connectivity index (χ0v) is 15.0. The molecule has 0 aromatic carbocycles. The van der Waals surface area contributed by atoms with Crippen LogP contribution in [0.4, 0.5) is 10.5 Å². The topological polar surface area (TPSA) is 63.2 Å². The molecule has 1 saturated carbocycles. The highest BCUT2D eigenvalue weighted by Gasteiger charge is 2.24. The number of hydrogen-bond donors (Lipinski definition) is 2. The number of aromatic nitrogens is 1. The number of pyridine rings is 1. The average Bonchev–Trinajstić information content (AvgIpc) is 2.42. The van der Waals surface area contributed by atoms with E-state index in [1.54, 1.807) is 6.07 Å². The number of alkyl carbamates (subject to hydrolysis) is 1. The molecule has 0 saturated heterocycles. The maximum absolute atomic E-state index is 11.8. The van der Waals surface area contributed by atoms with Crippen LogP contribution in [0, 0.1) is 6.92 Å². The summed E-state index contributed by atoms with van der Waals surface area (Å²) in [4.78, 5) is 16.1. The van der Waals surface area contributed by atoms with Crippen LogP contribution in [0.15, 0.2) is 12.1 Å². The van der Waals surface area contributed by atoms with Gasteiger partial charge in [-0.05, 0) is 65.5 Å². The summed E-state index contributed by atoms with van der Waals surface area (Å²) >= 11 is 5.88. The van der Waals surface area contributed by atoms with Crippen molar-refractivity contribution in [2.75, 3.05) is 5.32 Å². The Kier molecular flexibility index (Phi) is 5.74. The number of amides is 1. The first-order valence-electron chi connectivity index (χ1n) is 8.12. The molecule has 2 N–H and O–H groups in total. The SMILES string of the molecule is Cc1nc(Cl)ccc1NC1CCC(NC(=O)OC(C)(C)C)CC1. The fraction of sp³-hybridized carbons (Fsp3) is 0.647. The Morgan fingerprint density at radius 3 is 2.39 bits per heavy atom. The summed E-state index contributed by atoms with van der Waals surface area (Å²) in [6.07, 6.45) is 3.56. The lowest BCUT2D eigenvalue weighted by Crippen LogP contribution is -2.42. The zero-order valence-electron chi connectivity index (χ0n) is 14.3. The molecule has 1 aliphatic rings. The standard InChI is InChI=1S/C17H26ClN3O2/c1-11-14(9-10-15(18)19-11)20-12-5-7-13(8-6-12)21-16(22)23-17(2,3)4/h9-10,12-13,20H,5-8H2,1-4H3,(H,21,22). The number of carbonyl (C=O) groups is 1. The predicted octanol–water partition coefficient (Wildman–Crippen LogP) is 4.29. The molecule has 1 fully saturated rings. The molecule has 1 aromatic rings. The third-order valence-corrected chi connectivity index (χ3v) is 4.07. The van der Waals surface area contributed by atoms with Crippen molar-refractivity contribution in [3.63, 3.8) is 0 Å². The van der Waals surface area contributed by atoms with Crippen LogP contribution in [0.5, 0.6) is 0 Å². The molecule has 0 radical (unpaired) electrons. The first kappa shape index (κ1) is 17.9. The highest BCUT2D eigenvalue weighted by atomic mass is 35.5. The Balaban J connectivity index is 1.79. The second kappa shape index (κ2) is 7.39. The highest BCUT2D eigenvalue weighted by molar-refractivity contribution is 6.29. The molecule has 5 nitrogen and oxygen atoms in total. The number of nitrogens with one attached hydrogen (secondary N) is 2. The number of halogens is 1. The number of nitrogens with zero attached hydrogens (tertiary/aromatic N) is 1. The maximum Gasteiger partial charge on any atom is 0.407 e. The first-order chi connectivity index (χ1) is 10.7. The van der Waals surface area contributed by atoms with Gasteiger partial charge >= 0.3 is 6.09 Å². The lowest BCUT2D eigenvalue weighted by molar-refractivity contribution is 0.0492. The van der Waals surface area contributed by atoms with E-state index in [0.29, 0.717) is 11.2 Å². The smallest absolute Gasteiger partial charge is 0.407 e. The van der Waals surface area contributed by atoms with Crippen molar-refractivity contribution in [3.8, 4) is 0 Å². The second-order valence-corrected chi connectivity index (χ2v) is 7.49. The molecule has 6 heteroatoms. The molecule has 128 valence electrons. The van der Waals surface area contributed by atoms with E-state index < -0.39 is 5.60 Å². The summed E-state index contributed by atoms with van der Waals surface area (Å²) in [5.74, 6) is 0. The van der Waals surface area contributed by atoms with E-state index >= 15 is 0 Å². The van der Waals surface area contributed by atoms with E-state index in [4.69, 9.17) is 16.3 Å². The van der Waals surface area contributed by atoms with Crippen molar-refractivity contribution in [2.24, 2.45) is 0 Å². The number of ether oxygens (including phenoxy) is 1. The van der Waals surface area contributed by atoms with Crippen LogP contribution < -0.4 is 10.6 Å². The van der Waals surface area contributed by atoms with Crippen molar-refractivity contribution < 1.29 is 9.53 Å². The summed E-state index contributed by atoms with van der Waals surface area (Å²) in [7, 11) is 0. The molecule has 23 heavy (non-hydrogen) atoms. The van der Waals surface area contributed by atoms with E-state index in [1.165, 1.54) is 0 Å². The minimum Gasteiger partial charge on any atom is -0.444 e. The molecule has 1 aliphatic carbocycles. The minimum atomic E-state index is -0.456. The van der Waals surface area contributed by atoms with E-state index in [0.717, 1.165) is 37.1 Å². The van der Waals surface area contributed by atoms with Gasteiger partial charge in [0, 0.05) is 12.1 Å². The number of rotatable bonds is 3. The van der Waals surface area contributed by atoms with Crippen molar-refractivity contribution in [3.05, 3.63) is 23.0 Å². The number of aryl methyl sites for hydroxylation is 1. The summed E-state index contributed by atoms with van der Waals surface area (Å²) in [5.41, 5.74) is 1.48. The molecule has 2 rings (SSSR count). The molecule has 1 amide bonds. The van der Waals surface area contributed by atoms with E-state index in [-0.39, 0.29) is 12.1 Å². The van der Waals surface area contributed by atoms with E-state index in [2.05, 4.69) is 15.6 Å². The molecular formula is C17H26ClN3O2. The molecule has 1 aromatic heterocycles. The van der Waals surface area contributed by atoms with Crippen LogP contribution >= 0.6 is 11.6 Å². The largest absolute Gasteiger partial charge is 0.444 e. The first-order valence-corrected chi connectivity index (χ1v) is 8.50. The Morgan fingerprint density at radius 1 is 1.22 bits per heavy atom. The van der Waals surface area contributed by atoms with Crippen molar-refractivity contribution in [1.29, 1.82) is 0 Å². The van der Waals surface area contributed by atoms with Gasteiger partial charge in [0.2, 0.25) is 0 Å². The van der Waals surface area contributed by atoms with Gasteiger partial charge in [0.05, 0.1) is 11.4 Å². The van der Waals surface area contributed by atoms with Crippen molar-refractivity contribution >= 4 is 23.4 Å². The molecule has 0 atom stereocenters. The van der Waals surface area contributed by atoms with Gasteiger partial charge in [-0.25, -0.2) is 9.78 Å². The van der Waals surface area contributed by atoms with Gasteiger partial charge in [-0.1, -0.05) is 11.6 Å². The fourth-order valence-electron chi connectivity index (χ4n) is 2.76. The van der Waals surface area contributed by atoms with Crippen LogP contribution in [0.2, 0.25) is 5.15 Å². The summed E-state index contributed by atoms with van der Waals surface area (Å²) < 4.78 is 5.30. The minimum absolute atomic E-state index is 0.187. The Morgan fingerprint density at radius 2 is 1.83 bits per heavy atom. The van der Waals surface area contributed by atoms with E-state index in [9.17, 15) is 4.79 Å². The van der Waals surface area contributed by atoms with Crippen LogP contribution in [0.3, 0.4) is 0 Å². The number of anilines is 1. The molecular weight excluding hydrogens is 314 g/mol. The zero-order chi connectivity index (χ0) is 17.0. The monoisotopic (exact) mass is 339 g/mol. The Bertz CT molecular complexity index is 549. The van der Waals surface area contributed by atoms with Gasteiger partial charge in [-0.3, -0.25) is 0 Å². The van der Waals surface area contributed by atoms with Gasteiger partial charge in [0.1, 0.15) is 10.8 Å². The van der Waals surface area contributed by atoms with Gasteiger partial charge in [-0.2, -0.15) is 0 Å². The third-order valence-electron chi connectivity index (χ3n) is 3.86. The normalized spacial score (nSPS) is 21.6. The molecule has 1 heterocycles. The fourth-order valence-corrected chi connectivity index (χ4v) is 2.95. The quantitative estimate of drug-likeness (QED) is 0.806. The van der Waals surface area contributed by atoms with Crippen LogP contribution in [0.1, 0.15) is 52.1 Å². The second-order valence-electron chi connectivity index (χ2n) is 7.11. The van der Waals surface area contributed by atoms with Gasteiger partial charge in [0.25, 0.3) is 0 Å². The average molecular weight is 340 g/mol. The van der Waals surface area contributed by atoms with Gasteiger partial charge in [-0.15, -0.1) is 0 Å². The van der Waals surface area contributed by atoms with Gasteiger partial charge in [0.15, 0.2) is 0 Å². The summed E-state index contributed by atoms with van der Waals surface area (Å²) in [5, 5.41) is 7.00. The van der Waals surface area contributed by atoms with Crippen molar-refractivity contribution in [1.82, 2.24) is 10.3 Å². The summed E-state index contributed by atoms with van der Waals surface area (Å²) in [6.45, 7) is 7.56. The highest BCUT2D eigenvalue weighted by Crippen LogP contribution is 2.24. The molecule has 0 aliphatic heterocycles. The third kappa shape index (κ3) is 5.90. The lowest BCUT2D eigenvalue weighted by atomic mass is 9.91. The molecule has 0 unspecified atom stereocenters. The van der Waals surface area contributed by atoms with Crippen LogP contribution in [0.25, 0.3) is 0 Å². The predicted molar refractivity (Wildman–Crippen MR) is 93.0 cm³/mol. The molecule has 0 spiro atoms. The van der Waals surface area contributed by atoms with Crippen LogP contribution in [-0.2, 0) is 4.74 Å². The lowest BCUT2D eigenvalue weighted by Gasteiger charge is -2.31. The summed E-state index contributed by atoms with van der Waals surface area (Å²) in [6, 6.07) is 4.35. The van der Waals surface area contributed by atoms with E-state index in [1.807, 2.05) is 33.8 Å². The van der Waals surface area contributed by atoms with Gasteiger partial charge < -0.3 is 15.4 Å². The Hall–Kier alpha value is -1.49. The van der Waals surface area contributed by atoms with Crippen LogP contribution in [-0.4, -0.2) is 28.8 Å². The van der Waals surface area contributed by atoms with Crippen molar-refractivity contribution in [2.45, 2.75) is 71.1 Å². The number of carbonyl (C=O) groups excluding carboxylic acids is 1. The number of hydrogen-bond acceptors (Lipinski definition) is 4.